The Morgan fingerprint density at radius 2 is 1.95 bits per heavy atom. The molecule has 0 unspecified atom stereocenters. The molecule has 5 heteroatoms. The van der Waals surface area contributed by atoms with Crippen molar-refractivity contribution in [2.45, 2.75) is 13.1 Å². The van der Waals surface area contributed by atoms with Gasteiger partial charge in [0.15, 0.2) is 0 Å². The van der Waals surface area contributed by atoms with Crippen molar-refractivity contribution in [2.75, 3.05) is 7.11 Å². The molecule has 0 radical (unpaired) electrons. The van der Waals surface area contributed by atoms with E-state index in [-0.39, 0.29) is 5.82 Å². The van der Waals surface area contributed by atoms with Gasteiger partial charge in [-0.25, -0.2) is 9.37 Å². The number of rotatable bonds is 4. The zero-order valence-corrected chi connectivity index (χ0v) is 11.7. The molecule has 0 bridgehead atoms. The van der Waals surface area contributed by atoms with E-state index in [1.165, 1.54) is 12.1 Å². The molecule has 0 saturated heterocycles. The van der Waals surface area contributed by atoms with Crippen molar-refractivity contribution in [3.63, 3.8) is 0 Å². The molecule has 2 N–H and O–H groups in total. The van der Waals surface area contributed by atoms with Crippen molar-refractivity contribution in [3.8, 4) is 5.75 Å². The van der Waals surface area contributed by atoms with Gasteiger partial charge in [0.25, 0.3) is 0 Å². The van der Waals surface area contributed by atoms with Crippen LogP contribution >= 0.6 is 0 Å². The van der Waals surface area contributed by atoms with Gasteiger partial charge in [-0.05, 0) is 29.8 Å². The SMILES string of the molecule is COc1ccc2c(c1)nc(CN)n2Cc1ccc(F)cc1. The predicted octanol–water partition coefficient (Wildman–Crippen LogP) is 2.69. The summed E-state index contributed by atoms with van der Waals surface area (Å²) in [5.41, 5.74) is 8.62. The molecule has 3 rings (SSSR count). The summed E-state index contributed by atoms with van der Waals surface area (Å²) in [6.45, 7) is 0.952. The minimum absolute atomic E-state index is 0.238. The summed E-state index contributed by atoms with van der Waals surface area (Å²) in [5, 5.41) is 0. The summed E-state index contributed by atoms with van der Waals surface area (Å²) in [5.74, 6) is 1.32. The lowest BCUT2D eigenvalue weighted by molar-refractivity contribution is 0.415. The number of ether oxygens (including phenoxy) is 1. The maximum absolute atomic E-state index is 13.0. The Morgan fingerprint density at radius 1 is 1.19 bits per heavy atom. The maximum Gasteiger partial charge on any atom is 0.123 e. The molecule has 0 fully saturated rings. The smallest absolute Gasteiger partial charge is 0.123 e. The molecule has 1 aromatic heterocycles. The van der Waals surface area contributed by atoms with Crippen molar-refractivity contribution in [2.24, 2.45) is 5.73 Å². The number of methoxy groups -OCH3 is 1. The van der Waals surface area contributed by atoms with E-state index in [4.69, 9.17) is 10.5 Å². The topological polar surface area (TPSA) is 53.1 Å². The molecular weight excluding hydrogens is 269 g/mol. The summed E-state index contributed by atoms with van der Waals surface area (Å²) >= 11 is 0. The molecule has 0 saturated carbocycles. The zero-order chi connectivity index (χ0) is 14.8. The third kappa shape index (κ3) is 2.60. The molecule has 4 nitrogen and oxygen atoms in total. The fraction of sp³-hybridized carbons (Fsp3) is 0.188. The Hall–Kier alpha value is -2.40. The standard InChI is InChI=1S/C16H16FN3O/c1-21-13-6-7-15-14(8-13)19-16(9-18)20(15)10-11-2-4-12(17)5-3-11/h2-8H,9-10,18H2,1H3. The van der Waals surface area contributed by atoms with E-state index in [1.807, 2.05) is 22.8 Å². The molecule has 3 aromatic rings. The Balaban J connectivity index is 2.05. The number of imidazole rings is 1. The fourth-order valence-electron chi connectivity index (χ4n) is 2.39. The molecule has 0 aliphatic carbocycles. The number of aromatic nitrogens is 2. The lowest BCUT2D eigenvalue weighted by Gasteiger charge is -2.08. The summed E-state index contributed by atoms with van der Waals surface area (Å²) in [6.07, 6.45) is 0. The first-order valence-corrected chi connectivity index (χ1v) is 6.69. The van der Waals surface area contributed by atoms with Crippen LogP contribution in [0.2, 0.25) is 0 Å². The number of hydrogen-bond donors (Lipinski definition) is 1. The van der Waals surface area contributed by atoms with Crippen molar-refractivity contribution < 1.29 is 9.13 Å². The first-order valence-electron chi connectivity index (χ1n) is 6.69. The van der Waals surface area contributed by atoms with Crippen LogP contribution < -0.4 is 10.5 Å². The van der Waals surface area contributed by atoms with Crippen LogP contribution in [0.4, 0.5) is 4.39 Å². The van der Waals surface area contributed by atoms with Gasteiger partial charge in [0, 0.05) is 12.6 Å². The molecule has 0 spiro atoms. The second kappa shape index (κ2) is 5.54. The van der Waals surface area contributed by atoms with Crippen LogP contribution in [0, 0.1) is 5.82 Å². The number of benzene rings is 2. The highest BCUT2D eigenvalue weighted by Gasteiger charge is 2.11. The molecular formula is C16H16FN3O. The zero-order valence-electron chi connectivity index (χ0n) is 11.7. The lowest BCUT2D eigenvalue weighted by Crippen LogP contribution is -2.09. The van der Waals surface area contributed by atoms with E-state index < -0.39 is 0 Å². The number of nitrogens with zero attached hydrogens (tertiary/aromatic N) is 2. The van der Waals surface area contributed by atoms with E-state index >= 15 is 0 Å². The Labute approximate surface area is 122 Å². The van der Waals surface area contributed by atoms with Gasteiger partial charge < -0.3 is 15.0 Å². The Bertz CT molecular complexity index is 765. The van der Waals surface area contributed by atoms with Crippen LogP contribution in [0.1, 0.15) is 11.4 Å². The summed E-state index contributed by atoms with van der Waals surface area (Å²) < 4.78 is 20.3. The van der Waals surface area contributed by atoms with Gasteiger partial charge >= 0.3 is 0 Å². The van der Waals surface area contributed by atoms with E-state index in [0.29, 0.717) is 13.1 Å². The molecule has 0 aliphatic heterocycles. The van der Waals surface area contributed by atoms with E-state index in [1.54, 1.807) is 19.2 Å². The van der Waals surface area contributed by atoms with Crippen LogP contribution in [0.5, 0.6) is 5.75 Å². The van der Waals surface area contributed by atoms with Crippen LogP contribution in [0.3, 0.4) is 0 Å². The number of halogens is 1. The first-order chi connectivity index (χ1) is 10.2. The first kappa shape index (κ1) is 13.6. The predicted molar refractivity (Wildman–Crippen MR) is 79.7 cm³/mol. The number of fused-ring (bicyclic) bond motifs is 1. The van der Waals surface area contributed by atoms with Crippen molar-refractivity contribution in [1.29, 1.82) is 0 Å². The number of nitrogens with two attached hydrogens (primary N) is 1. The van der Waals surface area contributed by atoms with Gasteiger partial charge in [-0.3, -0.25) is 0 Å². The molecule has 0 aliphatic rings. The van der Waals surface area contributed by atoms with Crippen molar-refractivity contribution in [3.05, 3.63) is 59.7 Å². The highest BCUT2D eigenvalue weighted by molar-refractivity contribution is 5.78. The second-order valence-corrected chi connectivity index (χ2v) is 4.80. The Kier molecular flexibility index (Phi) is 3.58. The average Bonchev–Trinajstić information content (AvgIpc) is 2.86. The number of hydrogen-bond acceptors (Lipinski definition) is 3. The third-order valence-corrected chi connectivity index (χ3v) is 3.47. The largest absolute Gasteiger partial charge is 0.497 e. The molecule has 0 amide bonds. The second-order valence-electron chi connectivity index (χ2n) is 4.80. The minimum atomic E-state index is -0.238. The van der Waals surface area contributed by atoms with Crippen molar-refractivity contribution >= 4 is 11.0 Å². The maximum atomic E-state index is 13.0. The summed E-state index contributed by atoms with van der Waals surface area (Å²) in [7, 11) is 1.63. The highest BCUT2D eigenvalue weighted by Crippen LogP contribution is 2.22. The molecule has 0 atom stereocenters. The van der Waals surface area contributed by atoms with Gasteiger partial charge in [0.2, 0.25) is 0 Å². The van der Waals surface area contributed by atoms with E-state index in [0.717, 1.165) is 28.2 Å². The fourth-order valence-corrected chi connectivity index (χ4v) is 2.39. The van der Waals surface area contributed by atoms with Gasteiger partial charge in [-0.1, -0.05) is 12.1 Å². The Morgan fingerprint density at radius 3 is 2.62 bits per heavy atom. The highest BCUT2D eigenvalue weighted by atomic mass is 19.1. The molecule has 108 valence electrons. The molecule has 21 heavy (non-hydrogen) atoms. The van der Waals surface area contributed by atoms with Crippen LogP contribution in [0.15, 0.2) is 42.5 Å². The van der Waals surface area contributed by atoms with E-state index in [2.05, 4.69) is 4.98 Å². The summed E-state index contributed by atoms with van der Waals surface area (Å²) in [4.78, 5) is 4.54. The van der Waals surface area contributed by atoms with E-state index in [9.17, 15) is 4.39 Å². The van der Waals surface area contributed by atoms with Crippen LogP contribution in [-0.4, -0.2) is 16.7 Å². The van der Waals surface area contributed by atoms with Crippen molar-refractivity contribution in [1.82, 2.24) is 9.55 Å². The normalized spacial score (nSPS) is 11.0. The minimum Gasteiger partial charge on any atom is -0.497 e. The molecule has 1 heterocycles. The molecule has 2 aromatic carbocycles. The van der Waals surface area contributed by atoms with Gasteiger partial charge in [0.05, 0.1) is 24.7 Å². The van der Waals surface area contributed by atoms with Crippen LogP contribution in [-0.2, 0) is 13.1 Å². The third-order valence-electron chi connectivity index (χ3n) is 3.47. The van der Waals surface area contributed by atoms with Gasteiger partial charge in [-0.15, -0.1) is 0 Å². The van der Waals surface area contributed by atoms with Crippen LogP contribution in [0.25, 0.3) is 11.0 Å². The average molecular weight is 285 g/mol. The van der Waals surface area contributed by atoms with Gasteiger partial charge in [-0.2, -0.15) is 0 Å². The quantitative estimate of drug-likeness (QED) is 0.802. The lowest BCUT2D eigenvalue weighted by atomic mass is 10.2. The monoisotopic (exact) mass is 285 g/mol. The van der Waals surface area contributed by atoms with Gasteiger partial charge in [0.1, 0.15) is 17.4 Å². The summed E-state index contributed by atoms with van der Waals surface area (Å²) in [6, 6.07) is 12.2.